The van der Waals surface area contributed by atoms with E-state index in [2.05, 4.69) is 21.1 Å². The smallest absolute Gasteiger partial charge is 0.341 e. The Morgan fingerprint density at radius 3 is 2.87 bits per heavy atom. The minimum Gasteiger partial charge on any atom is -0.482 e. The number of carboxylic acids is 1. The van der Waals surface area contributed by atoms with Crippen molar-refractivity contribution in [3.05, 3.63) is 33.1 Å². The van der Waals surface area contributed by atoms with Crippen LogP contribution in [0.15, 0.2) is 27.8 Å². The van der Waals surface area contributed by atoms with E-state index >= 15 is 0 Å². The molecule has 0 saturated carbocycles. The first-order valence-electron chi connectivity index (χ1n) is 4.05. The first-order chi connectivity index (χ1) is 7.13. The molecule has 0 aliphatic rings. The van der Waals surface area contributed by atoms with Crippen LogP contribution in [0.4, 0.5) is 0 Å². The minimum absolute atomic E-state index is 0.0472. The number of benzene rings is 1. The van der Waals surface area contributed by atoms with Gasteiger partial charge in [0.2, 0.25) is 0 Å². The van der Waals surface area contributed by atoms with Gasteiger partial charge >= 0.3 is 5.97 Å². The Bertz CT molecular complexity index is 380. The molecule has 0 amide bonds. The molecule has 1 rings (SSSR count). The Kier molecular flexibility index (Phi) is 4.23. The van der Waals surface area contributed by atoms with Crippen LogP contribution in [0, 0.1) is 4.91 Å². The van der Waals surface area contributed by atoms with Gasteiger partial charge in [-0.2, -0.15) is 4.91 Å². The lowest BCUT2D eigenvalue weighted by Gasteiger charge is -2.07. The number of hydrogen-bond donors (Lipinski definition) is 1. The SMILES string of the molecule is O=NCc1cc(Br)ccc1OCC(=O)O. The maximum atomic E-state index is 10.3. The average Bonchev–Trinajstić information content (AvgIpc) is 2.17. The zero-order valence-electron chi connectivity index (χ0n) is 7.64. The lowest BCUT2D eigenvalue weighted by molar-refractivity contribution is -0.139. The number of halogens is 1. The summed E-state index contributed by atoms with van der Waals surface area (Å²) in [7, 11) is 0. The molecule has 0 atom stereocenters. The van der Waals surface area contributed by atoms with Crippen LogP contribution >= 0.6 is 15.9 Å². The second-order valence-corrected chi connectivity index (χ2v) is 3.64. The van der Waals surface area contributed by atoms with Crippen LogP contribution < -0.4 is 4.74 Å². The normalized spacial score (nSPS) is 9.67. The van der Waals surface area contributed by atoms with Crippen molar-refractivity contribution in [1.29, 1.82) is 0 Å². The van der Waals surface area contributed by atoms with Crippen LogP contribution in [0.3, 0.4) is 0 Å². The summed E-state index contributed by atoms with van der Waals surface area (Å²) in [5.41, 5.74) is 0.556. The number of rotatable bonds is 5. The molecule has 0 aliphatic heterocycles. The predicted molar refractivity (Wildman–Crippen MR) is 56.8 cm³/mol. The molecule has 1 aromatic carbocycles. The van der Waals surface area contributed by atoms with Crippen molar-refractivity contribution >= 4 is 21.9 Å². The summed E-state index contributed by atoms with van der Waals surface area (Å²) < 4.78 is 5.77. The molecular formula is C9H8BrNO4. The summed E-state index contributed by atoms with van der Waals surface area (Å²) in [5, 5.41) is 11.2. The van der Waals surface area contributed by atoms with E-state index in [0.717, 1.165) is 4.47 Å². The van der Waals surface area contributed by atoms with Gasteiger partial charge in [-0.25, -0.2) is 4.79 Å². The highest BCUT2D eigenvalue weighted by Crippen LogP contribution is 2.23. The van der Waals surface area contributed by atoms with Crippen LogP contribution in [0.1, 0.15) is 5.56 Å². The van der Waals surface area contributed by atoms with Crippen molar-refractivity contribution in [2.24, 2.45) is 5.18 Å². The van der Waals surface area contributed by atoms with Crippen molar-refractivity contribution in [2.45, 2.75) is 6.54 Å². The van der Waals surface area contributed by atoms with Gasteiger partial charge in [0, 0.05) is 10.0 Å². The minimum atomic E-state index is -1.07. The number of carboxylic acid groups (broad SMARTS) is 1. The fourth-order valence-electron chi connectivity index (χ4n) is 1.02. The maximum absolute atomic E-state index is 10.3. The topological polar surface area (TPSA) is 76.0 Å². The monoisotopic (exact) mass is 273 g/mol. The van der Waals surface area contributed by atoms with Gasteiger partial charge < -0.3 is 9.84 Å². The third-order valence-corrected chi connectivity index (χ3v) is 2.10. The van der Waals surface area contributed by atoms with Crippen molar-refractivity contribution < 1.29 is 14.6 Å². The average molecular weight is 274 g/mol. The first-order valence-corrected chi connectivity index (χ1v) is 4.85. The van der Waals surface area contributed by atoms with E-state index in [-0.39, 0.29) is 6.54 Å². The zero-order chi connectivity index (χ0) is 11.3. The van der Waals surface area contributed by atoms with E-state index in [1.807, 2.05) is 0 Å². The van der Waals surface area contributed by atoms with Crippen molar-refractivity contribution in [3.8, 4) is 5.75 Å². The third-order valence-electron chi connectivity index (χ3n) is 1.61. The summed E-state index contributed by atoms with van der Waals surface area (Å²) in [6, 6.07) is 4.96. The predicted octanol–water partition coefficient (Wildman–Crippen LogP) is 2.18. The molecular weight excluding hydrogens is 266 g/mol. The summed E-state index contributed by atoms with van der Waals surface area (Å²) in [5.74, 6) is -0.705. The van der Waals surface area contributed by atoms with E-state index in [9.17, 15) is 9.70 Å². The van der Waals surface area contributed by atoms with Gasteiger partial charge in [-0.1, -0.05) is 21.1 Å². The highest BCUT2D eigenvalue weighted by atomic mass is 79.9. The second-order valence-electron chi connectivity index (χ2n) is 2.72. The van der Waals surface area contributed by atoms with E-state index in [1.54, 1.807) is 18.2 Å². The number of ether oxygens (including phenoxy) is 1. The molecule has 6 heteroatoms. The second kappa shape index (κ2) is 5.45. The summed E-state index contributed by atoms with van der Waals surface area (Å²) in [6.45, 7) is -0.484. The van der Waals surface area contributed by atoms with Crippen molar-refractivity contribution in [2.75, 3.05) is 6.61 Å². The van der Waals surface area contributed by atoms with Crippen LogP contribution in [0.2, 0.25) is 0 Å². The molecule has 0 unspecified atom stereocenters. The van der Waals surface area contributed by atoms with Gasteiger partial charge in [0.1, 0.15) is 12.3 Å². The number of carbonyl (C=O) groups is 1. The van der Waals surface area contributed by atoms with Crippen LogP contribution in [-0.4, -0.2) is 17.7 Å². The summed E-state index contributed by atoms with van der Waals surface area (Å²) in [4.78, 5) is 20.4. The lowest BCUT2D eigenvalue weighted by Crippen LogP contribution is -2.10. The van der Waals surface area contributed by atoms with Gasteiger partial charge in [0.25, 0.3) is 0 Å². The Morgan fingerprint density at radius 1 is 1.53 bits per heavy atom. The zero-order valence-corrected chi connectivity index (χ0v) is 9.23. The molecule has 0 radical (unpaired) electrons. The van der Waals surface area contributed by atoms with Crippen LogP contribution in [0.5, 0.6) is 5.75 Å². The molecule has 0 heterocycles. The van der Waals surface area contributed by atoms with Crippen molar-refractivity contribution in [3.63, 3.8) is 0 Å². The molecule has 1 N–H and O–H groups in total. The molecule has 15 heavy (non-hydrogen) atoms. The quantitative estimate of drug-likeness (QED) is 0.835. The number of nitroso groups, excluding NO2 is 1. The molecule has 5 nitrogen and oxygen atoms in total. The Morgan fingerprint density at radius 2 is 2.27 bits per heavy atom. The fraction of sp³-hybridized carbons (Fsp3) is 0.222. The standard InChI is InChI=1S/C9H8BrNO4/c10-7-1-2-8(15-5-9(12)13)6(3-7)4-11-14/h1-3H,4-5H2,(H,12,13). The summed E-state index contributed by atoms with van der Waals surface area (Å²) in [6.07, 6.45) is 0. The first kappa shape index (κ1) is 11.6. The molecule has 0 bridgehead atoms. The fourth-order valence-corrected chi connectivity index (χ4v) is 1.43. The Balaban J connectivity index is 2.84. The lowest BCUT2D eigenvalue weighted by atomic mass is 10.2. The highest BCUT2D eigenvalue weighted by molar-refractivity contribution is 9.10. The van der Waals surface area contributed by atoms with Gasteiger partial charge in [0.05, 0.1) is 0 Å². The van der Waals surface area contributed by atoms with E-state index in [0.29, 0.717) is 11.3 Å². The van der Waals surface area contributed by atoms with E-state index in [4.69, 9.17) is 9.84 Å². The Hall–Kier alpha value is -1.43. The molecule has 0 aliphatic carbocycles. The van der Waals surface area contributed by atoms with Crippen LogP contribution in [-0.2, 0) is 11.3 Å². The van der Waals surface area contributed by atoms with E-state index < -0.39 is 12.6 Å². The Labute approximate surface area is 94.2 Å². The molecule has 1 aromatic rings. The summed E-state index contributed by atoms with van der Waals surface area (Å²) >= 11 is 3.23. The van der Waals surface area contributed by atoms with E-state index in [1.165, 1.54) is 0 Å². The number of hydrogen-bond acceptors (Lipinski definition) is 4. The molecule has 0 fully saturated rings. The van der Waals surface area contributed by atoms with Gasteiger partial charge in [-0.05, 0) is 18.2 Å². The largest absolute Gasteiger partial charge is 0.482 e. The van der Waals surface area contributed by atoms with Gasteiger partial charge in [0.15, 0.2) is 6.61 Å². The van der Waals surface area contributed by atoms with Crippen molar-refractivity contribution in [1.82, 2.24) is 0 Å². The van der Waals surface area contributed by atoms with Gasteiger partial charge in [-0.15, -0.1) is 0 Å². The number of aliphatic carboxylic acids is 1. The maximum Gasteiger partial charge on any atom is 0.341 e. The molecule has 0 saturated heterocycles. The third kappa shape index (κ3) is 3.67. The molecule has 0 aromatic heterocycles. The highest BCUT2D eigenvalue weighted by Gasteiger charge is 2.06. The molecule has 80 valence electrons. The molecule has 0 spiro atoms. The van der Waals surface area contributed by atoms with Crippen LogP contribution in [0.25, 0.3) is 0 Å². The van der Waals surface area contributed by atoms with Gasteiger partial charge in [-0.3, -0.25) is 0 Å². The number of nitrogens with zero attached hydrogens (tertiary/aromatic N) is 1.